The first-order valence-corrected chi connectivity index (χ1v) is 10.3. The van der Waals surface area contributed by atoms with Gasteiger partial charge in [-0.2, -0.15) is 0 Å². The molecule has 1 heterocycles. The average Bonchev–Trinajstić information content (AvgIpc) is 3.61. The van der Waals surface area contributed by atoms with Crippen LogP contribution >= 0.6 is 0 Å². The van der Waals surface area contributed by atoms with Gasteiger partial charge in [-0.1, -0.05) is 6.07 Å². The third kappa shape index (κ3) is 4.86. The molecule has 0 radical (unpaired) electrons. The van der Waals surface area contributed by atoms with Crippen molar-refractivity contribution in [1.29, 1.82) is 0 Å². The van der Waals surface area contributed by atoms with Gasteiger partial charge >= 0.3 is 0 Å². The largest absolute Gasteiger partial charge is 0.454 e. The van der Waals surface area contributed by atoms with Crippen LogP contribution < -0.4 is 20.1 Å². The van der Waals surface area contributed by atoms with Gasteiger partial charge in [0.05, 0.1) is 6.54 Å². The van der Waals surface area contributed by atoms with Crippen molar-refractivity contribution in [2.75, 3.05) is 39.6 Å². The fourth-order valence-corrected chi connectivity index (χ4v) is 3.40. The third-order valence-electron chi connectivity index (χ3n) is 5.53. The van der Waals surface area contributed by atoms with Crippen molar-refractivity contribution >= 4 is 5.96 Å². The molecule has 0 amide bonds. The molecule has 0 unspecified atom stereocenters. The zero-order valence-corrected chi connectivity index (χ0v) is 16.3. The summed E-state index contributed by atoms with van der Waals surface area (Å²) in [5.41, 5.74) is 1.45. The number of ether oxygens (including phenoxy) is 3. The highest BCUT2D eigenvalue weighted by molar-refractivity contribution is 5.79. The monoisotopic (exact) mass is 373 g/mol. The maximum absolute atomic E-state index is 5.70. The van der Waals surface area contributed by atoms with Crippen LogP contribution in [0.25, 0.3) is 0 Å². The maximum atomic E-state index is 5.70. The number of hydrogen-bond acceptors (Lipinski definition) is 4. The van der Waals surface area contributed by atoms with Crippen molar-refractivity contribution in [3.63, 3.8) is 0 Å². The molecule has 0 saturated heterocycles. The van der Waals surface area contributed by atoms with Crippen LogP contribution in [0.5, 0.6) is 11.5 Å². The predicted molar refractivity (Wildman–Crippen MR) is 106 cm³/mol. The molecule has 6 heteroatoms. The fraction of sp³-hybridized carbons (Fsp3) is 0.667. The third-order valence-corrected chi connectivity index (χ3v) is 5.53. The molecule has 1 aromatic rings. The molecule has 0 aromatic heterocycles. The van der Waals surface area contributed by atoms with Gasteiger partial charge in [0, 0.05) is 31.7 Å². The summed E-state index contributed by atoms with van der Waals surface area (Å²) in [6.45, 7) is 6.72. The molecular formula is C21H31N3O3. The Bertz CT molecular complexity index is 669. The van der Waals surface area contributed by atoms with E-state index in [1.807, 2.05) is 6.07 Å². The molecule has 1 aromatic carbocycles. The first-order chi connectivity index (χ1) is 13.3. The number of benzene rings is 1. The first kappa shape index (κ1) is 18.4. The van der Waals surface area contributed by atoms with Crippen LogP contribution in [0.4, 0.5) is 0 Å². The smallest absolute Gasteiger partial charge is 0.231 e. The summed E-state index contributed by atoms with van der Waals surface area (Å²) in [5, 5.41) is 6.78. The standard InChI is InChI=1S/C21H31N3O3/c1-2-22-20(23-10-3-11-25-13-16-4-5-16)24-14-21(8-9-21)17-6-7-18-19(12-17)27-15-26-18/h6-7,12,16H,2-5,8-11,13-15H2,1H3,(H2,22,23,24). The molecule has 2 aliphatic carbocycles. The molecule has 6 nitrogen and oxygen atoms in total. The second-order valence-electron chi connectivity index (χ2n) is 7.84. The van der Waals surface area contributed by atoms with Crippen LogP contribution in [0, 0.1) is 5.92 Å². The van der Waals surface area contributed by atoms with Gasteiger partial charge in [-0.05, 0) is 62.6 Å². The molecule has 0 atom stereocenters. The molecule has 27 heavy (non-hydrogen) atoms. The molecule has 3 aliphatic rings. The Morgan fingerprint density at radius 3 is 2.85 bits per heavy atom. The molecule has 0 spiro atoms. The zero-order chi connectivity index (χ0) is 18.5. The number of aliphatic imine (C=N–C) groups is 1. The van der Waals surface area contributed by atoms with Crippen LogP contribution in [0.3, 0.4) is 0 Å². The van der Waals surface area contributed by atoms with E-state index in [1.54, 1.807) is 0 Å². The lowest BCUT2D eigenvalue weighted by Crippen LogP contribution is -2.38. The van der Waals surface area contributed by atoms with Crippen LogP contribution in [0.2, 0.25) is 0 Å². The number of guanidine groups is 1. The Morgan fingerprint density at radius 2 is 2.07 bits per heavy atom. The van der Waals surface area contributed by atoms with E-state index in [2.05, 4.69) is 29.7 Å². The summed E-state index contributed by atoms with van der Waals surface area (Å²) in [6.07, 6.45) is 6.04. The summed E-state index contributed by atoms with van der Waals surface area (Å²) < 4.78 is 16.7. The van der Waals surface area contributed by atoms with Gasteiger partial charge in [0.2, 0.25) is 6.79 Å². The number of fused-ring (bicyclic) bond motifs is 1. The summed E-state index contributed by atoms with van der Waals surface area (Å²) in [7, 11) is 0. The fourth-order valence-electron chi connectivity index (χ4n) is 3.40. The van der Waals surface area contributed by atoms with Crippen molar-refractivity contribution in [2.45, 2.75) is 44.4 Å². The van der Waals surface area contributed by atoms with Gasteiger partial charge in [-0.25, -0.2) is 0 Å². The highest BCUT2D eigenvalue weighted by atomic mass is 16.7. The lowest BCUT2D eigenvalue weighted by atomic mass is 9.96. The molecule has 2 saturated carbocycles. The van der Waals surface area contributed by atoms with Crippen molar-refractivity contribution in [3.05, 3.63) is 23.8 Å². The lowest BCUT2D eigenvalue weighted by Gasteiger charge is -2.16. The minimum absolute atomic E-state index is 0.150. The zero-order valence-electron chi connectivity index (χ0n) is 16.3. The lowest BCUT2D eigenvalue weighted by molar-refractivity contribution is 0.123. The molecule has 148 valence electrons. The van der Waals surface area contributed by atoms with Gasteiger partial charge in [0.1, 0.15) is 0 Å². The minimum atomic E-state index is 0.150. The van der Waals surface area contributed by atoms with Gasteiger partial charge < -0.3 is 24.8 Å². The van der Waals surface area contributed by atoms with E-state index in [-0.39, 0.29) is 5.41 Å². The topological polar surface area (TPSA) is 64.1 Å². The highest BCUT2D eigenvalue weighted by Crippen LogP contribution is 2.50. The van der Waals surface area contributed by atoms with E-state index < -0.39 is 0 Å². The number of hydrogen-bond donors (Lipinski definition) is 2. The average molecular weight is 373 g/mol. The van der Waals surface area contributed by atoms with Gasteiger partial charge in [0.15, 0.2) is 17.5 Å². The Balaban J connectivity index is 1.27. The van der Waals surface area contributed by atoms with Crippen LogP contribution in [-0.4, -0.2) is 45.6 Å². The second kappa shape index (κ2) is 8.38. The van der Waals surface area contributed by atoms with Crippen LogP contribution in [-0.2, 0) is 10.2 Å². The minimum Gasteiger partial charge on any atom is -0.454 e. The Labute approximate surface area is 161 Å². The molecule has 1 aliphatic heterocycles. The number of rotatable bonds is 10. The summed E-state index contributed by atoms with van der Waals surface area (Å²) in [6, 6.07) is 6.31. The van der Waals surface area contributed by atoms with Gasteiger partial charge in [-0.3, -0.25) is 4.99 Å². The van der Waals surface area contributed by atoms with E-state index >= 15 is 0 Å². The maximum Gasteiger partial charge on any atom is 0.231 e. The summed E-state index contributed by atoms with van der Waals surface area (Å²) in [4.78, 5) is 4.86. The van der Waals surface area contributed by atoms with Crippen molar-refractivity contribution < 1.29 is 14.2 Å². The molecule has 4 rings (SSSR count). The first-order valence-electron chi connectivity index (χ1n) is 10.3. The number of nitrogens with one attached hydrogen (secondary N) is 2. The van der Waals surface area contributed by atoms with E-state index in [0.29, 0.717) is 6.79 Å². The molecular weight excluding hydrogens is 342 g/mol. The Hall–Kier alpha value is -1.95. The highest BCUT2D eigenvalue weighted by Gasteiger charge is 2.44. The Morgan fingerprint density at radius 1 is 1.22 bits per heavy atom. The van der Waals surface area contributed by atoms with Crippen molar-refractivity contribution in [3.8, 4) is 11.5 Å². The quantitative estimate of drug-likeness (QED) is 0.375. The van der Waals surface area contributed by atoms with E-state index in [1.165, 1.54) is 31.2 Å². The summed E-state index contributed by atoms with van der Waals surface area (Å²) in [5.74, 6) is 3.44. The van der Waals surface area contributed by atoms with E-state index in [4.69, 9.17) is 19.2 Å². The Kier molecular flexibility index (Phi) is 5.72. The molecule has 2 fully saturated rings. The molecule has 2 N–H and O–H groups in total. The van der Waals surface area contributed by atoms with Crippen molar-refractivity contribution in [1.82, 2.24) is 10.6 Å². The van der Waals surface area contributed by atoms with E-state index in [0.717, 1.165) is 62.6 Å². The van der Waals surface area contributed by atoms with Gasteiger partial charge in [0.25, 0.3) is 0 Å². The predicted octanol–water partition coefficient (Wildman–Crippen LogP) is 2.82. The van der Waals surface area contributed by atoms with Crippen molar-refractivity contribution in [2.24, 2.45) is 10.9 Å². The van der Waals surface area contributed by atoms with E-state index in [9.17, 15) is 0 Å². The molecule has 0 bridgehead atoms. The normalized spacial score (nSPS) is 19.8. The second-order valence-corrected chi connectivity index (χ2v) is 7.84. The van der Waals surface area contributed by atoms with Gasteiger partial charge in [-0.15, -0.1) is 0 Å². The SMILES string of the molecule is CCNC(=NCC1(c2ccc3c(c2)OCO3)CC1)NCCCOCC1CC1. The van der Waals surface area contributed by atoms with Crippen LogP contribution in [0.15, 0.2) is 23.2 Å². The summed E-state index contributed by atoms with van der Waals surface area (Å²) >= 11 is 0. The van der Waals surface area contributed by atoms with Crippen LogP contribution in [0.1, 0.15) is 44.6 Å². The number of nitrogens with zero attached hydrogens (tertiary/aromatic N) is 1.